The minimum Gasteiger partial charge on any atom is -0.469 e. The lowest BCUT2D eigenvalue weighted by Gasteiger charge is -1.98. The van der Waals surface area contributed by atoms with Crippen molar-refractivity contribution < 1.29 is 14.6 Å². The molecule has 0 aliphatic heterocycles. The zero-order chi connectivity index (χ0) is 14.9. The predicted octanol–water partition coefficient (Wildman–Crippen LogP) is 3.94. The van der Waals surface area contributed by atoms with Gasteiger partial charge >= 0.3 is 5.97 Å². The number of esters is 1. The molecule has 0 amide bonds. The summed E-state index contributed by atoms with van der Waals surface area (Å²) in [6.45, 7) is 0.225. The van der Waals surface area contributed by atoms with E-state index >= 15 is 0 Å². The third kappa shape index (κ3) is 14.7. The Labute approximate surface area is 123 Å². The zero-order valence-corrected chi connectivity index (χ0v) is 12.6. The zero-order valence-electron chi connectivity index (χ0n) is 12.6. The van der Waals surface area contributed by atoms with Gasteiger partial charge < -0.3 is 9.84 Å². The molecule has 0 saturated heterocycles. The van der Waals surface area contributed by atoms with Crippen LogP contribution in [0.4, 0.5) is 0 Å². The Morgan fingerprint density at radius 1 is 0.900 bits per heavy atom. The topological polar surface area (TPSA) is 46.5 Å². The molecule has 0 heterocycles. The number of allylic oxidation sites excluding steroid dienone is 5. The van der Waals surface area contributed by atoms with Gasteiger partial charge in [0.25, 0.3) is 0 Å². The van der Waals surface area contributed by atoms with Crippen LogP contribution in [0.15, 0.2) is 36.5 Å². The first-order valence-corrected chi connectivity index (χ1v) is 7.44. The summed E-state index contributed by atoms with van der Waals surface area (Å²) in [6.07, 6.45) is 20.1. The molecule has 114 valence electrons. The SMILES string of the molecule is COC(=O)CCCCCC=CCC=CCC=CCCO. The molecule has 1 N–H and O–H groups in total. The van der Waals surface area contributed by atoms with E-state index in [9.17, 15) is 4.79 Å². The number of unbranched alkanes of at least 4 members (excludes halogenated alkanes) is 3. The summed E-state index contributed by atoms with van der Waals surface area (Å²) >= 11 is 0. The number of ether oxygens (including phenoxy) is 1. The molecule has 0 aliphatic carbocycles. The van der Waals surface area contributed by atoms with Crippen molar-refractivity contribution in [2.45, 2.75) is 51.4 Å². The van der Waals surface area contributed by atoms with Crippen molar-refractivity contribution in [1.82, 2.24) is 0 Å². The fraction of sp³-hybridized carbons (Fsp3) is 0.588. The molecule has 20 heavy (non-hydrogen) atoms. The maximum absolute atomic E-state index is 10.9. The quantitative estimate of drug-likeness (QED) is 0.334. The molecular formula is C17H28O3. The molecule has 0 spiro atoms. The highest BCUT2D eigenvalue weighted by Gasteiger charge is 1.97. The fourth-order valence-corrected chi connectivity index (χ4v) is 1.66. The summed E-state index contributed by atoms with van der Waals surface area (Å²) in [5.41, 5.74) is 0. The van der Waals surface area contributed by atoms with Crippen LogP contribution in [-0.2, 0) is 9.53 Å². The van der Waals surface area contributed by atoms with Crippen LogP contribution in [0.5, 0.6) is 0 Å². The number of aliphatic hydroxyl groups is 1. The average Bonchev–Trinajstić information content (AvgIpc) is 2.47. The van der Waals surface area contributed by atoms with Crippen molar-refractivity contribution >= 4 is 5.97 Å². The highest BCUT2D eigenvalue weighted by atomic mass is 16.5. The van der Waals surface area contributed by atoms with Crippen LogP contribution in [0, 0.1) is 0 Å². The number of carbonyl (C=O) groups excluding carboxylic acids is 1. The lowest BCUT2D eigenvalue weighted by atomic mass is 10.1. The normalized spacial score (nSPS) is 11.9. The second-order valence-electron chi connectivity index (χ2n) is 4.57. The molecule has 0 radical (unpaired) electrons. The van der Waals surface area contributed by atoms with E-state index in [1.165, 1.54) is 7.11 Å². The summed E-state index contributed by atoms with van der Waals surface area (Å²) in [5, 5.41) is 8.58. The standard InChI is InChI=1S/C17H28O3/c1-20-17(19)15-13-11-9-7-5-3-2-4-6-8-10-12-14-16-18/h3-6,10,12,18H,2,7-9,11,13-16H2,1H3. The van der Waals surface area contributed by atoms with E-state index in [-0.39, 0.29) is 12.6 Å². The van der Waals surface area contributed by atoms with Gasteiger partial charge in [-0.25, -0.2) is 0 Å². The van der Waals surface area contributed by atoms with Crippen molar-refractivity contribution in [3.05, 3.63) is 36.5 Å². The van der Waals surface area contributed by atoms with Crippen molar-refractivity contribution in [3.63, 3.8) is 0 Å². The minimum absolute atomic E-state index is 0.112. The molecule has 0 aromatic rings. The number of carbonyl (C=O) groups is 1. The van der Waals surface area contributed by atoms with E-state index in [0.29, 0.717) is 6.42 Å². The highest BCUT2D eigenvalue weighted by Crippen LogP contribution is 2.05. The van der Waals surface area contributed by atoms with Gasteiger partial charge in [-0.15, -0.1) is 0 Å². The molecule has 0 unspecified atom stereocenters. The molecule has 0 rings (SSSR count). The molecule has 3 nitrogen and oxygen atoms in total. The van der Waals surface area contributed by atoms with Crippen LogP contribution in [0.2, 0.25) is 0 Å². The Balaban J connectivity index is 3.31. The van der Waals surface area contributed by atoms with Crippen molar-refractivity contribution in [3.8, 4) is 0 Å². The second kappa shape index (κ2) is 15.7. The number of aliphatic hydroxyl groups excluding tert-OH is 1. The second-order valence-corrected chi connectivity index (χ2v) is 4.57. The molecule has 0 aromatic carbocycles. The van der Waals surface area contributed by atoms with Crippen LogP contribution in [0.3, 0.4) is 0 Å². The van der Waals surface area contributed by atoms with Gasteiger partial charge in [0.05, 0.1) is 7.11 Å². The number of hydrogen-bond acceptors (Lipinski definition) is 3. The van der Waals surface area contributed by atoms with Gasteiger partial charge in [-0.3, -0.25) is 4.79 Å². The van der Waals surface area contributed by atoms with Gasteiger partial charge in [0.15, 0.2) is 0 Å². The van der Waals surface area contributed by atoms with E-state index in [1.54, 1.807) is 0 Å². The Morgan fingerprint density at radius 3 is 2.10 bits per heavy atom. The van der Waals surface area contributed by atoms with Gasteiger partial charge in [0.1, 0.15) is 0 Å². The van der Waals surface area contributed by atoms with Crippen LogP contribution < -0.4 is 0 Å². The first kappa shape index (κ1) is 18.7. The van der Waals surface area contributed by atoms with E-state index in [1.807, 2.05) is 6.08 Å². The Morgan fingerprint density at radius 2 is 1.50 bits per heavy atom. The summed E-state index contributed by atoms with van der Waals surface area (Å²) < 4.78 is 4.59. The van der Waals surface area contributed by atoms with E-state index < -0.39 is 0 Å². The first-order chi connectivity index (χ1) is 9.81. The van der Waals surface area contributed by atoms with Gasteiger partial charge in [-0.2, -0.15) is 0 Å². The molecular weight excluding hydrogens is 252 g/mol. The van der Waals surface area contributed by atoms with Gasteiger partial charge in [-0.05, 0) is 38.5 Å². The third-order valence-corrected chi connectivity index (χ3v) is 2.82. The molecule has 0 bridgehead atoms. The van der Waals surface area contributed by atoms with E-state index in [0.717, 1.165) is 44.9 Å². The summed E-state index contributed by atoms with van der Waals surface area (Å²) in [4.78, 5) is 10.9. The first-order valence-electron chi connectivity index (χ1n) is 7.44. The third-order valence-electron chi connectivity index (χ3n) is 2.82. The van der Waals surface area contributed by atoms with Crippen LogP contribution in [0.1, 0.15) is 51.4 Å². The van der Waals surface area contributed by atoms with Crippen LogP contribution >= 0.6 is 0 Å². The van der Waals surface area contributed by atoms with Gasteiger partial charge in [-0.1, -0.05) is 42.9 Å². The number of methoxy groups -OCH3 is 1. The van der Waals surface area contributed by atoms with Crippen molar-refractivity contribution in [1.29, 1.82) is 0 Å². The molecule has 0 atom stereocenters. The van der Waals surface area contributed by atoms with E-state index in [2.05, 4.69) is 35.1 Å². The molecule has 3 heteroatoms. The van der Waals surface area contributed by atoms with Crippen LogP contribution in [-0.4, -0.2) is 24.8 Å². The lowest BCUT2D eigenvalue weighted by Crippen LogP contribution is -1.98. The lowest BCUT2D eigenvalue weighted by molar-refractivity contribution is -0.140. The van der Waals surface area contributed by atoms with E-state index in [4.69, 9.17) is 5.11 Å². The summed E-state index contributed by atoms with van der Waals surface area (Å²) in [7, 11) is 1.43. The molecule has 0 saturated carbocycles. The largest absolute Gasteiger partial charge is 0.469 e. The smallest absolute Gasteiger partial charge is 0.305 e. The molecule has 0 aliphatic rings. The highest BCUT2D eigenvalue weighted by molar-refractivity contribution is 5.68. The van der Waals surface area contributed by atoms with Gasteiger partial charge in [0.2, 0.25) is 0 Å². The Bertz CT molecular complexity index is 303. The number of rotatable bonds is 12. The minimum atomic E-state index is -0.112. The van der Waals surface area contributed by atoms with Crippen LogP contribution in [0.25, 0.3) is 0 Å². The molecule has 0 aromatic heterocycles. The average molecular weight is 280 g/mol. The maximum Gasteiger partial charge on any atom is 0.305 e. The summed E-state index contributed by atoms with van der Waals surface area (Å²) in [6, 6.07) is 0. The maximum atomic E-state index is 10.9. The Kier molecular flexibility index (Phi) is 14.6. The van der Waals surface area contributed by atoms with Crippen molar-refractivity contribution in [2.24, 2.45) is 0 Å². The monoisotopic (exact) mass is 280 g/mol. The fourth-order valence-electron chi connectivity index (χ4n) is 1.66. The summed E-state index contributed by atoms with van der Waals surface area (Å²) in [5.74, 6) is -0.112. The predicted molar refractivity (Wildman–Crippen MR) is 83.5 cm³/mol. The van der Waals surface area contributed by atoms with Gasteiger partial charge in [0, 0.05) is 13.0 Å². The number of hydrogen-bond donors (Lipinski definition) is 1. The molecule has 0 fully saturated rings. The Hall–Kier alpha value is -1.35. The van der Waals surface area contributed by atoms with Crippen molar-refractivity contribution in [2.75, 3.05) is 13.7 Å².